The minimum atomic E-state index is -1.02. The van der Waals surface area contributed by atoms with E-state index >= 15 is 0 Å². The molecule has 0 aromatic heterocycles. The van der Waals surface area contributed by atoms with Gasteiger partial charge in [0, 0.05) is 0 Å². The first-order valence-corrected chi connectivity index (χ1v) is 4.76. The predicted molar refractivity (Wildman–Crippen MR) is 54.8 cm³/mol. The van der Waals surface area contributed by atoms with Gasteiger partial charge in [0.05, 0.1) is 19.1 Å². The molecule has 82 valence electrons. The Morgan fingerprint density at radius 3 is 2.47 bits per heavy atom. The number of aliphatic carboxylic acids is 1. The number of hydrogen-bond acceptors (Lipinski definition) is 3. The minimum Gasteiger partial charge on any atom is -0.494 e. The van der Waals surface area contributed by atoms with Crippen LogP contribution >= 0.6 is 0 Å². The van der Waals surface area contributed by atoms with Crippen molar-refractivity contribution in [1.29, 1.82) is 0 Å². The summed E-state index contributed by atoms with van der Waals surface area (Å²) < 4.78 is 5.22. The van der Waals surface area contributed by atoms with Gasteiger partial charge in [-0.1, -0.05) is 12.1 Å². The molecule has 0 aliphatic heterocycles. The largest absolute Gasteiger partial charge is 0.494 e. The Bertz CT molecular complexity index is 318. The molecule has 1 aromatic carbocycles. The Labute approximate surface area is 88.1 Å². The molecule has 2 N–H and O–H groups in total. The van der Waals surface area contributed by atoms with Gasteiger partial charge < -0.3 is 14.9 Å². The lowest BCUT2D eigenvalue weighted by Crippen LogP contribution is -2.05. The first-order chi connectivity index (χ1) is 7.13. The lowest BCUT2D eigenvalue weighted by Gasteiger charge is -2.09. The average Bonchev–Trinajstić information content (AvgIpc) is 2.18. The molecule has 0 bridgehead atoms. The number of hydrogen-bond donors (Lipinski definition) is 2. The molecule has 1 rings (SSSR count). The van der Waals surface area contributed by atoms with Gasteiger partial charge in [-0.3, -0.25) is 4.79 Å². The van der Waals surface area contributed by atoms with Gasteiger partial charge in [0.1, 0.15) is 5.75 Å². The van der Waals surface area contributed by atoms with Crippen molar-refractivity contribution in [2.45, 2.75) is 19.4 Å². The zero-order chi connectivity index (χ0) is 11.3. The summed E-state index contributed by atoms with van der Waals surface area (Å²) in [6.07, 6.45) is -1.24. The fourth-order valence-corrected chi connectivity index (χ4v) is 1.24. The molecular weight excluding hydrogens is 196 g/mol. The van der Waals surface area contributed by atoms with E-state index in [4.69, 9.17) is 9.84 Å². The molecule has 1 atom stereocenters. The smallest absolute Gasteiger partial charge is 0.306 e. The zero-order valence-electron chi connectivity index (χ0n) is 8.51. The molecule has 0 saturated carbocycles. The Hall–Kier alpha value is -1.55. The number of aliphatic hydroxyl groups excluding tert-OH is 1. The van der Waals surface area contributed by atoms with Crippen LogP contribution in [0.15, 0.2) is 24.3 Å². The molecule has 1 aromatic rings. The van der Waals surface area contributed by atoms with E-state index in [0.717, 1.165) is 0 Å². The van der Waals surface area contributed by atoms with Crippen LogP contribution in [0.5, 0.6) is 5.75 Å². The van der Waals surface area contributed by atoms with Crippen molar-refractivity contribution < 1.29 is 19.7 Å². The van der Waals surface area contributed by atoms with Gasteiger partial charge in [-0.2, -0.15) is 0 Å². The van der Waals surface area contributed by atoms with Crippen molar-refractivity contribution in [2.75, 3.05) is 6.61 Å². The number of carbonyl (C=O) groups is 1. The normalized spacial score (nSPS) is 12.1. The van der Waals surface area contributed by atoms with E-state index in [2.05, 4.69) is 0 Å². The summed E-state index contributed by atoms with van der Waals surface area (Å²) in [6, 6.07) is 6.75. The SMILES string of the molecule is CCOc1ccc(C(O)CC(=O)O)cc1. The lowest BCUT2D eigenvalue weighted by atomic mass is 10.1. The number of rotatable bonds is 5. The van der Waals surface area contributed by atoms with Crippen molar-refractivity contribution in [2.24, 2.45) is 0 Å². The van der Waals surface area contributed by atoms with Gasteiger partial charge >= 0.3 is 5.97 Å². The first kappa shape index (κ1) is 11.5. The van der Waals surface area contributed by atoms with Crippen LogP contribution in [0.4, 0.5) is 0 Å². The molecule has 0 spiro atoms. The molecular formula is C11H14O4. The quantitative estimate of drug-likeness (QED) is 0.774. The second-order valence-electron chi connectivity index (χ2n) is 3.12. The summed E-state index contributed by atoms with van der Waals surface area (Å²) >= 11 is 0. The third kappa shape index (κ3) is 3.59. The maximum Gasteiger partial charge on any atom is 0.306 e. The highest BCUT2D eigenvalue weighted by atomic mass is 16.5. The average molecular weight is 210 g/mol. The summed E-state index contributed by atoms with van der Waals surface area (Å²) in [6.45, 7) is 2.46. The summed E-state index contributed by atoms with van der Waals surface area (Å²) in [5.74, 6) is -0.305. The number of carboxylic acid groups (broad SMARTS) is 1. The summed E-state index contributed by atoms with van der Waals surface area (Å²) in [5.41, 5.74) is 0.584. The number of carboxylic acids is 1. The van der Waals surface area contributed by atoms with Crippen LogP contribution < -0.4 is 4.74 Å². The predicted octanol–water partition coefficient (Wildman–Crippen LogP) is 1.59. The molecule has 0 aliphatic rings. The van der Waals surface area contributed by atoms with Crippen LogP contribution in [0.1, 0.15) is 25.0 Å². The maximum atomic E-state index is 10.4. The van der Waals surface area contributed by atoms with Crippen LogP contribution in [-0.4, -0.2) is 22.8 Å². The molecule has 0 aliphatic carbocycles. The van der Waals surface area contributed by atoms with E-state index in [1.807, 2.05) is 6.92 Å². The van der Waals surface area contributed by atoms with Crippen molar-refractivity contribution in [3.05, 3.63) is 29.8 Å². The molecule has 1 unspecified atom stereocenters. The molecule has 0 heterocycles. The van der Waals surface area contributed by atoms with E-state index in [1.165, 1.54) is 0 Å². The third-order valence-corrected chi connectivity index (χ3v) is 1.94. The third-order valence-electron chi connectivity index (χ3n) is 1.94. The lowest BCUT2D eigenvalue weighted by molar-refractivity contribution is -0.139. The van der Waals surface area contributed by atoms with Gasteiger partial charge in [-0.25, -0.2) is 0 Å². The van der Waals surface area contributed by atoms with Crippen molar-refractivity contribution >= 4 is 5.97 Å². The second-order valence-corrected chi connectivity index (χ2v) is 3.12. The van der Waals surface area contributed by atoms with Crippen molar-refractivity contribution in [1.82, 2.24) is 0 Å². The van der Waals surface area contributed by atoms with Crippen LogP contribution in [0.25, 0.3) is 0 Å². The maximum absolute atomic E-state index is 10.4. The highest BCUT2D eigenvalue weighted by molar-refractivity contribution is 5.67. The molecule has 0 fully saturated rings. The van der Waals surface area contributed by atoms with Crippen LogP contribution in [0.3, 0.4) is 0 Å². The summed E-state index contributed by atoms with van der Waals surface area (Å²) in [5, 5.41) is 18.0. The fraction of sp³-hybridized carbons (Fsp3) is 0.364. The zero-order valence-corrected chi connectivity index (χ0v) is 8.51. The van der Waals surface area contributed by atoms with E-state index in [-0.39, 0.29) is 6.42 Å². The summed E-state index contributed by atoms with van der Waals surface area (Å²) in [7, 11) is 0. The van der Waals surface area contributed by atoms with E-state index in [1.54, 1.807) is 24.3 Å². The Kier molecular flexibility index (Phi) is 4.12. The number of ether oxygens (including phenoxy) is 1. The van der Waals surface area contributed by atoms with Crippen LogP contribution in [0, 0.1) is 0 Å². The molecule has 4 heteroatoms. The van der Waals surface area contributed by atoms with E-state index in [9.17, 15) is 9.90 Å². The van der Waals surface area contributed by atoms with E-state index < -0.39 is 12.1 Å². The standard InChI is InChI=1S/C11H14O4/c1-2-15-9-5-3-8(4-6-9)10(12)7-11(13)14/h3-6,10,12H,2,7H2,1H3,(H,13,14). The molecule has 0 saturated heterocycles. The van der Waals surface area contributed by atoms with Gasteiger partial charge in [0.15, 0.2) is 0 Å². The Balaban J connectivity index is 2.66. The van der Waals surface area contributed by atoms with Crippen molar-refractivity contribution in [3.8, 4) is 5.75 Å². The molecule has 4 nitrogen and oxygen atoms in total. The monoisotopic (exact) mass is 210 g/mol. The van der Waals surface area contributed by atoms with Gasteiger partial charge in [-0.05, 0) is 24.6 Å². The Morgan fingerprint density at radius 1 is 1.40 bits per heavy atom. The first-order valence-electron chi connectivity index (χ1n) is 4.76. The topological polar surface area (TPSA) is 66.8 Å². The van der Waals surface area contributed by atoms with Gasteiger partial charge in [0.25, 0.3) is 0 Å². The molecule has 15 heavy (non-hydrogen) atoms. The fourth-order valence-electron chi connectivity index (χ4n) is 1.24. The molecule has 0 radical (unpaired) electrons. The Morgan fingerprint density at radius 2 is 2.00 bits per heavy atom. The second kappa shape index (κ2) is 5.36. The highest BCUT2D eigenvalue weighted by Crippen LogP contribution is 2.19. The summed E-state index contributed by atoms with van der Waals surface area (Å²) in [4.78, 5) is 10.4. The van der Waals surface area contributed by atoms with E-state index in [0.29, 0.717) is 17.9 Å². The van der Waals surface area contributed by atoms with Gasteiger partial charge in [0.2, 0.25) is 0 Å². The van der Waals surface area contributed by atoms with Gasteiger partial charge in [-0.15, -0.1) is 0 Å². The molecule has 0 amide bonds. The minimum absolute atomic E-state index is 0.284. The number of benzene rings is 1. The number of aliphatic hydroxyl groups is 1. The van der Waals surface area contributed by atoms with Crippen LogP contribution in [0.2, 0.25) is 0 Å². The van der Waals surface area contributed by atoms with Crippen molar-refractivity contribution in [3.63, 3.8) is 0 Å². The highest BCUT2D eigenvalue weighted by Gasteiger charge is 2.11. The van der Waals surface area contributed by atoms with Crippen LogP contribution in [-0.2, 0) is 4.79 Å².